The average molecular weight is 488 g/mol. The molecule has 1 aromatic carbocycles. The first-order valence-corrected chi connectivity index (χ1v) is 11.8. The van der Waals surface area contributed by atoms with Crippen molar-refractivity contribution in [3.8, 4) is 5.75 Å². The largest absolute Gasteiger partial charge is 0.496 e. The van der Waals surface area contributed by atoms with E-state index >= 15 is 0 Å². The summed E-state index contributed by atoms with van der Waals surface area (Å²) in [5.41, 5.74) is 0.295. The Kier molecular flexibility index (Phi) is 6.76. The van der Waals surface area contributed by atoms with Gasteiger partial charge in [0.2, 0.25) is 5.91 Å². The first-order chi connectivity index (χ1) is 16.5. The highest BCUT2D eigenvalue weighted by Gasteiger charge is 2.68. The van der Waals surface area contributed by atoms with Crippen molar-refractivity contribution < 1.29 is 38.3 Å². The molecule has 1 heterocycles. The second kappa shape index (κ2) is 9.35. The van der Waals surface area contributed by atoms with Gasteiger partial charge in [-0.3, -0.25) is 4.79 Å². The molecule has 10 nitrogen and oxygen atoms in total. The van der Waals surface area contributed by atoms with Gasteiger partial charge in [0.1, 0.15) is 11.3 Å². The Bertz CT molecular complexity index is 1020. The lowest BCUT2D eigenvalue weighted by atomic mass is 9.43. The molecule has 1 aliphatic heterocycles. The van der Waals surface area contributed by atoms with E-state index in [0.29, 0.717) is 17.4 Å². The number of carboxylic acid groups (broad SMARTS) is 1. The third kappa shape index (κ3) is 4.47. The molecule has 1 saturated heterocycles. The Hall–Kier alpha value is -2.79. The zero-order valence-electron chi connectivity index (χ0n) is 20.8. The summed E-state index contributed by atoms with van der Waals surface area (Å²) in [6.07, 6.45) is 1.37. The standard InChI is InChI=1S/C24H33BN2O8/c1-23(2)14-10-16(23)24(3)17(11-14)34-25(35-24)18(27-19(28)12-26-22(31)33-5)9-13-7-6-8-15(21(29)30)20(13)32-4/h6-8,14,16-18H,9-12H2,1-5H3,(H,26,31)(H,27,28)(H,29,30). The summed E-state index contributed by atoms with van der Waals surface area (Å²) in [6.45, 7) is 6.33. The number of hydrogen-bond donors (Lipinski definition) is 3. The van der Waals surface area contributed by atoms with Gasteiger partial charge in [-0.15, -0.1) is 0 Å². The van der Waals surface area contributed by atoms with Gasteiger partial charge in [0.15, 0.2) is 0 Å². The van der Waals surface area contributed by atoms with E-state index in [9.17, 15) is 19.5 Å². The molecule has 35 heavy (non-hydrogen) atoms. The second-order valence-electron chi connectivity index (χ2n) is 10.4. The van der Waals surface area contributed by atoms with Crippen molar-refractivity contribution in [2.24, 2.45) is 17.3 Å². The minimum Gasteiger partial charge on any atom is -0.496 e. The van der Waals surface area contributed by atoms with Crippen LogP contribution < -0.4 is 15.4 Å². The van der Waals surface area contributed by atoms with Crippen molar-refractivity contribution in [3.63, 3.8) is 0 Å². The molecule has 3 aliphatic carbocycles. The zero-order valence-corrected chi connectivity index (χ0v) is 20.8. The van der Waals surface area contributed by atoms with Gasteiger partial charge >= 0.3 is 19.2 Å². The molecule has 1 aromatic rings. The lowest BCUT2D eigenvalue weighted by molar-refractivity contribution is -0.199. The van der Waals surface area contributed by atoms with E-state index in [2.05, 4.69) is 36.1 Å². The van der Waals surface area contributed by atoms with Crippen LogP contribution >= 0.6 is 0 Å². The number of carbonyl (C=O) groups is 3. The maximum absolute atomic E-state index is 12.7. The second-order valence-corrected chi connectivity index (χ2v) is 10.4. The van der Waals surface area contributed by atoms with Crippen LogP contribution in [0.3, 0.4) is 0 Å². The summed E-state index contributed by atoms with van der Waals surface area (Å²) in [6, 6.07) is 4.85. The van der Waals surface area contributed by atoms with Crippen LogP contribution in [0.4, 0.5) is 4.79 Å². The Balaban J connectivity index is 1.58. The molecular weight excluding hydrogens is 455 g/mol. The molecule has 0 radical (unpaired) electrons. The number of aromatic carboxylic acids is 1. The van der Waals surface area contributed by atoms with Crippen LogP contribution in [-0.2, 0) is 25.3 Å². The Morgan fingerprint density at radius 2 is 1.97 bits per heavy atom. The monoisotopic (exact) mass is 488 g/mol. The maximum Gasteiger partial charge on any atom is 0.482 e. The van der Waals surface area contributed by atoms with Crippen LogP contribution in [0.25, 0.3) is 0 Å². The number of benzene rings is 1. The molecule has 0 aromatic heterocycles. The smallest absolute Gasteiger partial charge is 0.482 e. The predicted octanol–water partition coefficient (Wildman–Crippen LogP) is 2.04. The van der Waals surface area contributed by atoms with Gasteiger partial charge in [-0.25, -0.2) is 9.59 Å². The molecule has 3 saturated carbocycles. The quantitative estimate of drug-likeness (QED) is 0.474. The van der Waals surface area contributed by atoms with E-state index in [1.54, 1.807) is 12.1 Å². The average Bonchev–Trinajstić information content (AvgIpc) is 3.18. The van der Waals surface area contributed by atoms with E-state index in [1.807, 2.05) is 0 Å². The molecule has 5 atom stereocenters. The fourth-order valence-electron chi connectivity index (χ4n) is 6.16. The normalized spacial score (nSPS) is 28.8. The fraction of sp³-hybridized carbons (Fsp3) is 0.625. The molecule has 0 spiro atoms. The molecule has 2 bridgehead atoms. The van der Waals surface area contributed by atoms with Gasteiger partial charge < -0.3 is 34.5 Å². The summed E-state index contributed by atoms with van der Waals surface area (Å²) < 4.78 is 22.9. The third-order valence-electron chi connectivity index (χ3n) is 8.19. The van der Waals surface area contributed by atoms with Gasteiger partial charge in [0, 0.05) is 0 Å². The number of methoxy groups -OCH3 is 2. The number of hydrogen-bond acceptors (Lipinski definition) is 7. The molecule has 3 N–H and O–H groups in total. The van der Waals surface area contributed by atoms with Crippen LogP contribution in [0.5, 0.6) is 5.75 Å². The Morgan fingerprint density at radius 3 is 2.60 bits per heavy atom. The Labute approximate surface area is 205 Å². The summed E-state index contributed by atoms with van der Waals surface area (Å²) >= 11 is 0. The lowest BCUT2D eigenvalue weighted by Crippen LogP contribution is -2.65. The van der Waals surface area contributed by atoms with Crippen molar-refractivity contribution in [2.45, 2.75) is 57.7 Å². The first kappa shape index (κ1) is 25.3. The summed E-state index contributed by atoms with van der Waals surface area (Å²) in [4.78, 5) is 35.8. The number of carbonyl (C=O) groups excluding carboxylic acids is 2. The van der Waals surface area contributed by atoms with Crippen LogP contribution in [0, 0.1) is 17.3 Å². The van der Waals surface area contributed by atoms with Crippen molar-refractivity contribution in [3.05, 3.63) is 29.3 Å². The maximum atomic E-state index is 12.7. The number of ether oxygens (including phenoxy) is 2. The fourth-order valence-corrected chi connectivity index (χ4v) is 6.16. The number of rotatable bonds is 8. The lowest BCUT2D eigenvalue weighted by Gasteiger charge is -2.64. The number of para-hydroxylation sites is 1. The highest BCUT2D eigenvalue weighted by Crippen LogP contribution is 2.65. The van der Waals surface area contributed by atoms with Gasteiger partial charge in [-0.05, 0) is 55.1 Å². The topological polar surface area (TPSA) is 132 Å². The van der Waals surface area contributed by atoms with E-state index < -0.39 is 36.6 Å². The van der Waals surface area contributed by atoms with Gasteiger partial charge in [-0.2, -0.15) is 0 Å². The van der Waals surface area contributed by atoms with Crippen LogP contribution in [0.2, 0.25) is 0 Å². The minimum atomic E-state index is -1.11. The summed E-state index contributed by atoms with van der Waals surface area (Å²) in [5, 5.41) is 14.8. The number of nitrogens with one attached hydrogen (secondary N) is 2. The molecule has 11 heteroatoms. The summed E-state index contributed by atoms with van der Waals surface area (Å²) in [5.74, 6) is -1.09. The van der Waals surface area contributed by atoms with Gasteiger partial charge in [0.25, 0.3) is 0 Å². The number of amides is 2. The van der Waals surface area contributed by atoms with Crippen molar-refractivity contribution in [1.82, 2.24) is 10.6 Å². The van der Waals surface area contributed by atoms with E-state index in [0.717, 1.165) is 12.8 Å². The molecule has 4 fully saturated rings. The van der Waals surface area contributed by atoms with Crippen molar-refractivity contribution in [1.29, 1.82) is 0 Å². The zero-order chi connectivity index (χ0) is 25.5. The van der Waals surface area contributed by atoms with Gasteiger partial charge in [0.05, 0.1) is 38.4 Å². The van der Waals surface area contributed by atoms with Crippen molar-refractivity contribution in [2.75, 3.05) is 20.8 Å². The number of carboxylic acids is 1. The van der Waals surface area contributed by atoms with E-state index in [1.165, 1.54) is 20.3 Å². The van der Waals surface area contributed by atoms with Crippen LogP contribution in [0.1, 0.15) is 49.5 Å². The predicted molar refractivity (Wildman–Crippen MR) is 126 cm³/mol. The van der Waals surface area contributed by atoms with E-state index in [-0.39, 0.29) is 35.8 Å². The highest BCUT2D eigenvalue weighted by molar-refractivity contribution is 6.48. The molecule has 5 rings (SSSR count). The van der Waals surface area contributed by atoms with Gasteiger partial charge in [-0.1, -0.05) is 26.0 Å². The van der Waals surface area contributed by atoms with Crippen molar-refractivity contribution >= 4 is 25.1 Å². The summed E-state index contributed by atoms with van der Waals surface area (Å²) in [7, 11) is 1.88. The molecule has 2 amide bonds. The Morgan fingerprint density at radius 1 is 1.23 bits per heavy atom. The molecule has 5 unspecified atom stereocenters. The molecule has 4 aliphatic rings. The number of alkyl carbamates (subject to hydrolysis) is 1. The first-order valence-electron chi connectivity index (χ1n) is 11.8. The highest BCUT2D eigenvalue weighted by atomic mass is 16.7. The molecular formula is C24H33BN2O8. The third-order valence-corrected chi connectivity index (χ3v) is 8.19. The van der Waals surface area contributed by atoms with E-state index in [4.69, 9.17) is 14.0 Å². The minimum absolute atomic E-state index is 0.0268. The van der Waals surface area contributed by atoms with Crippen LogP contribution in [0.15, 0.2) is 18.2 Å². The molecule has 190 valence electrons. The SMILES string of the molecule is COC(=O)NCC(=O)NC(Cc1cccc(C(=O)O)c1OC)B1OC2CC3CC(C3(C)C)C2(C)O1. The van der Waals surface area contributed by atoms with Crippen LogP contribution in [-0.4, -0.2) is 68.6 Å².